The Morgan fingerprint density at radius 2 is 2.00 bits per heavy atom. The van der Waals surface area contributed by atoms with Gasteiger partial charge in [-0.1, -0.05) is 6.07 Å². The molecule has 1 rings (SSSR count). The van der Waals surface area contributed by atoms with Gasteiger partial charge in [-0.05, 0) is 13.0 Å². The molecule has 7 heteroatoms. The van der Waals surface area contributed by atoms with Crippen molar-refractivity contribution < 1.29 is 23.1 Å². The fourth-order valence-electron chi connectivity index (χ4n) is 1.11. The van der Waals surface area contributed by atoms with Crippen LogP contribution in [0.2, 0.25) is 0 Å². The topological polar surface area (TPSA) is 76.2 Å². The molecule has 4 nitrogen and oxygen atoms in total. The number of halogens is 3. The second-order valence-corrected chi connectivity index (χ2v) is 3.30. The number of carbonyl (C=O) groups is 1. The van der Waals surface area contributed by atoms with E-state index in [0.29, 0.717) is 5.69 Å². The van der Waals surface area contributed by atoms with Gasteiger partial charge in [0.05, 0.1) is 0 Å². The van der Waals surface area contributed by atoms with Crippen LogP contribution in [0, 0.1) is 6.92 Å². The van der Waals surface area contributed by atoms with Crippen LogP contribution in [0.4, 0.5) is 13.2 Å². The summed E-state index contributed by atoms with van der Waals surface area (Å²) in [5.74, 6) is -2.16. The molecule has 0 aliphatic carbocycles. The smallest absolute Gasteiger partial charge is 0.421 e. The number of aromatic nitrogens is 1. The number of carboxylic acid groups (broad SMARTS) is 1. The van der Waals surface area contributed by atoms with Gasteiger partial charge in [-0.15, -0.1) is 0 Å². The molecule has 88 valence electrons. The maximum atomic E-state index is 12.6. The molecule has 1 aromatic rings. The predicted octanol–water partition coefficient (Wildman–Crippen LogP) is 1.19. The first-order chi connectivity index (χ1) is 7.19. The Kier molecular flexibility index (Phi) is 2.91. The number of nitrogens with zero attached hydrogens (tertiary/aromatic N) is 1. The van der Waals surface area contributed by atoms with E-state index >= 15 is 0 Å². The molecule has 1 unspecified atom stereocenters. The SMILES string of the molecule is Cc1ccc(C(N)(C(=O)O)C(F)(F)F)cn1. The minimum Gasteiger partial charge on any atom is -0.479 e. The van der Waals surface area contributed by atoms with Gasteiger partial charge in [0.15, 0.2) is 0 Å². The molecule has 0 aliphatic rings. The molecule has 0 fully saturated rings. The van der Waals surface area contributed by atoms with E-state index in [-0.39, 0.29) is 0 Å². The first-order valence-electron chi connectivity index (χ1n) is 4.21. The zero-order valence-corrected chi connectivity index (χ0v) is 8.25. The van der Waals surface area contributed by atoms with Crippen LogP contribution in [0.25, 0.3) is 0 Å². The van der Waals surface area contributed by atoms with E-state index in [1.54, 1.807) is 6.92 Å². The minimum atomic E-state index is -5.09. The van der Waals surface area contributed by atoms with Gasteiger partial charge < -0.3 is 10.8 Å². The van der Waals surface area contributed by atoms with E-state index in [2.05, 4.69) is 4.98 Å². The van der Waals surface area contributed by atoms with Gasteiger partial charge in [0.2, 0.25) is 5.54 Å². The Morgan fingerprint density at radius 1 is 1.44 bits per heavy atom. The molecule has 0 saturated heterocycles. The summed E-state index contributed by atoms with van der Waals surface area (Å²) in [6.45, 7) is 1.57. The summed E-state index contributed by atoms with van der Waals surface area (Å²) < 4.78 is 37.8. The van der Waals surface area contributed by atoms with Crippen molar-refractivity contribution >= 4 is 5.97 Å². The highest BCUT2D eigenvalue weighted by atomic mass is 19.4. The first-order valence-corrected chi connectivity index (χ1v) is 4.21. The summed E-state index contributed by atoms with van der Waals surface area (Å²) in [4.78, 5) is 14.3. The Balaban J connectivity index is 3.34. The number of pyridine rings is 1. The van der Waals surface area contributed by atoms with Crippen molar-refractivity contribution in [2.24, 2.45) is 5.73 Å². The van der Waals surface area contributed by atoms with Crippen LogP contribution in [0.5, 0.6) is 0 Å². The second-order valence-electron chi connectivity index (χ2n) is 3.30. The molecule has 0 saturated carbocycles. The molecule has 16 heavy (non-hydrogen) atoms. The van der Waals surface area contributed by atoms with Crippen molar-refractivity contribution in [3.63, 3.8) is 0 Å². The molecular weight excluding hydrogens is 225 g/mol. The quantitative estimate of drug-likeness (QED) is 0.805. The third kappa shape index (κ3) is 1.85. The average molecular weight is 234 g/mol. The van der Waals surface area contributed by atoms with E-state index in [0.717, 1.165) is 12.3 Å². The lowest BCUT2D eigenvalue weighted by Crippen LogP contribution is -2.56. The van der Waals surface area contributed by atoms with Crippen LogP contribution in [-0.2, 0) is 10.3 Å². The summed E-state index contributed by atoms with van der Waals surface area (Å²) in [6, 6.07) is 2.27. The lowest BCUT2D eigenvalue weighted by atomic mass is 9.91. The molecule has 3 N–H and O–H groups in total. The Bertz CT molecular complexity index is 402. The number of aliphatic carboxylic acids is 1. The molecule has 1 aromatic heterocycles. The van der Waals surface area contributed by atoms with Crippen LogP contribution >= 0.6 is 0 Å². The standard InChI is InChI=1S/C9H9F3N2O2/c1-5-2-3-6(4-14-5)8(13,7(15)16)9(10,11)12/h2-4H,13H2,1H3,(H,15,16). The van der Waals surface area contributed by atoms with Crippen LogP contribution < -0.4 is 5.73 Å². The van der Waals surface area contributed by atoms with Crippen LogP contribution in [-0.4, -0.2) is 22.2 Å². The molecule has 0 bridgehead atoms. The zero-order chi connectivity index (χ0) is 12.6. The largest absolute Gasteiger partial charge is 0.479 e. The predicted molar refractivity (Wildman–Crippen MR) is 48.5 cm³/mol. The maximum Gasteiger partial charge on any atom is 0.421 e. The zero-order valence-electron chi connectivity index (χ0n) is 8.25. The molecule has 1 atom stereocenters. The summed E-state index contributed by atoms with van der Waals surface area (Å²) in [7, 11) is 0. The summed E-state index contributed by atoms with van der Waals surface area (Å²) in [5.41, 5.74) is 1.37. The van der Waals surface area contributed by atoms with Crippen molar-refractivity contribution in [2.75, 3.05) is 0 Å². The highest BCUT2D eigenvalue weighted by Gasteiger charge is 2.59. The normalized spacial score (nSPS) is 15.6. The van der Waals surface area contributed by atoms with Crippen molar-refractivity contribution in [3.8, 4) is 0 Å². The van der Waals surface area contributed by atoms with E-state index < -0.39 is 23.2 Å². The summed E-state index contributed by atoms with van der Waals surface area (Å²) in [5, 5.41) is 8.62. The fraction of sp³-hybridized carbons (Fsp3) is 0.333. The number of rotatable bonds is 2. The Hall–Kier alpha value is -1.63. The highest BCUT2D eigenvalue weighted by Crippen LogP contribution is 2.36. The van der Waals surface area contributed by atoms with E-state index in [1.165, 1.54) is 6.07 Å². The molecule has 0 aliphatic heterocycles. The lowest BCUT2D eigenvalue weighted by molar-refractivity contribution is -0.204. The number of hydrogen-bond acceptors (Lipinski definition) is 3. The summed E-state index contributed by atoms with van der Waals surface area (Å²) >= 11 is 0. The average Bonchev–Trinajstić information content (AvgIpc) is 2.15. The van der Waals surface area contributed by atoms with Crippen molar-refractivity contribution in [1.82, 2.24) is 4.98 Å². The van der Waals surface area contributed by atoms with Crippen molar-refractivity contribution in [3.05, 3.63) is 29.6 Å². The van der Waals surface area contributed by atoms with Gasteiger partial charge in [0.1, 0.15) is 0 Å². The highest BCUT2D eigenvalue weighted by molar-refractivity contribution is 5.81. The van der Waals surface area contributed by atoms with E-state index in [9.17, 15) is 18.0 Å². The molecule has 1 heterocycles. The summed E-state index contributed by atoms with van der Waals surface area (Å²) in [6.07, 6.45) is -4.27. The second kappa shape index (κ2) is 3.75. The molecule has 0 aromatic carbocycles. The Labute approximate surface area is 88.9 Å². The third-order valence-electron chi connectivity index (χ3n) is 2.15. The molecule has 0 spiro atoms. The van der Waals surface area contributed by atoms with Crippen LogP contribution in [0.15, 0.2) is 18.3 Å². The maximum absolute atomic E-state index is 12.6. The van der Waals surface area contributed by atoms with Gasteiger partial charge in [-0.3, -0.25) is 4.98 Å². The van der Waals surface area contributed by atoms with Crippen LogP contribution in [0.3, 0.4) is 0 Å². The lowest BCUT2D eigenvalue weighted by Gasteiger charge is -2.27. The van der Waals surface area contributed by atoms with E-state index in [4.69, 9.17) is 10.8 Å². The molecule has 0 amide bonds. The number of aryl methyl sites for hydroxylation is 1. The fourth-order valence-corrected chi connectivity index (χ4v) is 1.11. The van der Waals surface area contributed by atoms with Crippen molar-refractivity contribution in [1.29, 1.82) is 0 Å². The Morgan fingerprint density at radius 3 is 2.31 bits per heavy atom. The molecular formula is C9H9F3N2O2. The number of nitrogens with two attached hydrogens (primary N) is 1. The number of hydrogen-bond donors (Lipinski definition) is 2. The van der Waals surface area contributed by atoms with Crippen molar-refractivity contribution in [2.45, 2.75) is 18.6 Å². The van der Waals surface area contributed by atoms with Gasteiger partial charge in [-0.2, -0.15) is 13.2 Å². The number of alkyl halides is 3. The molecule has 0 radical (unpaired) electrons. The van der Waals surface area contributed by atoms with Gasteiger partial charge in [0, 0.05) is 17.5 Å². The van der Waals surface area contributed by atoms with E-state index in [1.807, 2.05) is 0 Å². The third-order valence-corrected chi connectivity index (χ3v) is 2.15. The monoisotopic (exact) mass is 234 g/mol. The van der Waals surface area contributed by atoms with Crippen LogP contribution in [0.1, 0.15) is 11.3 Å². The van der Waals surface area contributed by atoms with Gasteiger partial charge >= 0.3 is 12.1 Å². The van der Waals surface area contributed by atoms with Gasteiger partial charge in [0.25, 0.3) is 0 Å². The van der Waals surface area contributed by atoms with Gasteiger partial charge in [-0.25, -0.2) is 4.79 Å². The first kappa shape index (κ1) is 12.4. The minimum absolute atomic E-state index is 0.471. The number of carboxylic acids is 1.